The molecule has 6 nitrogen and oxygen atoms in total. The van der Waals surface area contributed by atoms with Crippen LogP contribution in [0.2, 0.25) is 0 Å². The number of amides is 1. The van der Waals surface area contributed by atoms with Crippen LogP contribution in [-0.2, 0) is 34.2 Å². The number of carbonyl (C=O) groups is 2. The van der Waals surface area contributed by atoms with Crippen molar-refractivity contribution < 1.29 is 14.3 Å². The molecule has 0 N–H and O–H groups in total. The number of benzene rings is 1. The SMILES string of the molecule is COC(=O)[C@@H]1CC[C@H](C(=O)N2CCc3c(-c4ccccc4)nn(C)c3CC2)C1. The molecule has 1 aliphatic carbocycles. The summed E-state index contributed by atoms with van der Waals surface area (Å²) in [7, 11) is 3.41. The van der Waals surface area contributed by atoms with E-state index in [1.54, 1.807) is 0 Å². The lowest BCUT2D eigenvalue weighted by Gasteiger charge is -2.24. The number of carbonyl (C=O) groups excluding carboxylic acids is 2. The highest BCUT2D eigenvalue weighted by Crippen LogP contribution is 2.34. The van der Waals surface area contributed by atoms with Crippen LogP contribution in [0.4, 0.5) is 0 Å². The Hall–Kier alpha value is -2.63. The zero-order chi connectivity index (χ0) is 19.7. The molecule has 4 rings (SSSR count). The first-order valence-electron chi connectivity index (χ1n) is 10.0. The Bertz CT molecular complexity index is 875. The molecule has 1 saturated carbocycles. The van der Waals surface area contributed by atoms with Crippen LogP contribution in [0.3, 0.4) is 0 Å². The van der Waals surface area contributed by atoms with E-state index in [-0.39, 0.29) is 23.7 Å². The van der Waals surface area contributed by atoms with Crippen molar-refractivity contribution in [3.63, 3.8) is 0 Å². The Kier molecular flexibility index (Phi) is 5.20. The second-order valence-electron chi connectivity index (χ2n) is 7.82. The third-order valence-electron chi connectivity index (χ3n) is 6.20. The maximum Gasteiger partial charge on any atom is 0.308 e. The van der Waals surface area contributed by atoms with Crippen molar-refractivity contribution in [3.05, 3.63) is 41.6 Å². The average molecular weight is 381 g/mol. The summed E-state index contributed by atoms with van der Waals surface area (Å²) in [6.45, 7) is 1.41. The molecule has 28 heavy (non-hydrogen) atoms. The highest BCUT2D eigenvalue weighted by atomic mass is 16.5. The summed E-state index contributed by atoms with van der Waals surface area (Å²) in [6, 6.07) is 10.2. The second kappa shape index (κ2) is 7.78. The van der Waals surface area contributed by atoms with E-state index in [2.05, 4.69) is 12.1 Å². The molecule has 1 aromatic carbocycles. The molecule has 2 aliphatic rings. The summed E-state index contributed by atoms with van der Waals surface area (Å²) >= 11 is 0. The minimum absolute atomic E-state index is 0.0583. The van der Waals surface area contributed by atoms with Gasteiger partial charge in [-0.05, 0) is 25.7 Å². The molecule has 0 saturated heterocycles. The molecule has 1 aromatic heterocycles. The average Bonchev–Trinajstić information content (AvgIpc) is 3.26. The molecule has 1 aliphatic heterocycles. The number of nitrogens with zero attached hydrogens (tertiary/aromatic N) is 3. The lowest BCUT2D eigenvalue weighted by molar-refractivity contribution is -0.145. The fourth-order valence-corrected chi connectivity index (χ4v) is 4.67. The van der Waals surface area contributed by atoms with Crippen LogP contribution in [0.1, 0.15) is 30.5 Å². The Morgan fingerprint density at radius 3 is 2.54 bits per heavy atom. The predicted molar refractivity (Wildman–Crippen MR) is 105 cm³/mol. The van der Waals surface area contributed by atoms with E-state index in [0.717, 1.165) is 36.9 Å². The van der Waals surface area contributed by atoms with Gasteiger partial charge in [0, 0.05) is 49.3 Å². The number of fused-ring (bicyclic) bond motifs is 1. The summed E-state index contributed by atoms with van der Waals surface area (Å²) in [4.78, 5) is 26.8. The van der Waals surface area contributed by atoms with Crippen molar-refractivity contribution in [3.8, 4) is 11.3 Å². The summed E-state index contributed by atoms with van der Waals surface area (Å²) in [5, 5.41) is 4.75. The smallest absolute Gasteiger partial charge is 0.308 e. The maximum absolute atomic E-state index is 13.1. The van der Waals surface area contributed by atoms with Crippen molar-refractivity contribution in [1.29, 1.82) is 0 Å². The van der Waals surface area contributed by atoms with Gasteiger partial charge < -0.3 is 9.64 Å². The lowest BCUT2D eigenvalue weighted by atomic mass is 10.0. The van der Waals surface area contributed by atoms with E-state index in [1.807, 2.05) is 34.8 Å². The van der Waals surface area contributed by atoms with Gasteiger partial charge in [0.15, 0.2) is 0 Å². The molecule has 0 bridgehead atoms. The molecule has 0 radical (unpaired) electrons. The molecule has 6 heteroatoms. The lowest BCUT2D eigenvalue weighted by Crippen LogP contribution is -2.37. The van der Waals surface area contributed by atoms with Crippen molar-refractivity contribution >= 4 is 11.9 Å². The quantitative estimate of drug-likeness (QED) is 0.767. The van der Waals surface area contributed by atoms with Crippen LogP contribution in [0, 0.1) is 11.8 Å². The number of ether oxygens (including phenoxy) is 1. The van der Waals surface area contributed by atoms with Crippen LogP contribution in [0.15, 0.2) is 30.3 Å². The third-order valence-corrected chi connectivity index (χ3v) is 6.20. The number of methoxy groups -OCH3 is 1. The zero-order valence-corrected chi connectivity index (χ0v) is 16.6. The summed E-state index contributed by atoms with van der Waals surface area (Å²) in [5.74, 6) is -0.181. The van der Waals surface area contributed by atoms with E-state index in [1.165, 1.54) is 18.4 Å². The zero-order valence-electron chi connectivity index (χ0n) is 16.6. The van der Waals surface area contributed by atoms with Gasteiger partial charge in [0.25, 0.3) is 0 Å². The number of esters is 1. The van der Waals surface area contributed by atoms with Gasteiger partial charge in [-0.3, -0.25) is 14.3 Å². The summed E-state index contributed by atoms with van der Waals surface area (Å²) in [6.07, 6.45) is 3.76. The van der Waals surface area contributed by atoms with Gasteiger partial charge in [0.2, 0.25) is 5.91 Å². The molecular weight excluding hydrogens is 354 g/mol. The number of aromatic nitrogens is 2. The van der Waals surface area contributed by atoms with E-state index >= 15 is 0 Å². The maximum atomic E-state index is 13.1. The van der Waals surface area contributed by atoms with Crippen molar-refractivity contribution in [1.82, 2.24) is 14.7 Å². The third kappa shape index (κ3) is 3.43. The predicted octanol–water partition coefficient (Wildman–Crippen LogP) is 2.60. The number of hydrogen-bond donors (Lipinski definition) is 0. The minimum Gasteiger partial charge on any atom is -0.469 e. The Balaban J connectivity index is 1.48. The molecule has 0 spiro atoms. The van der Waals surface area contributed by atoms with Crippen LogP contribution in [0.25, 0.3) is 11.3 Å². The molecule has 1 amide bonds. The first-order chi connectivity index (χ1) is 13.6. The standard InChI is InChI=1S/C22H27N3O3/c1-24-19-11-13-25(21(26)16-8-9-17(14-16)22(27)28-2)12-10-18(19)20(23-24)15-6-4-3-5-7-15/h3-7,16-17H,8-14H2,1-2H3/t16-,17+/m0/s1. The van der Waals surface area contributed by atoms with Gasteiger partial charge in [-0.15, -0.1) is 0 Å². The van der Waals surface area contributed by atoms with Crippen LogP contribution >= 0.6 is 0 Å². The first kappa shape index (κ1) is 18.7. The van der Waals surface area contributed by atoms with Gasteiger partial charge in [-0.1, -0.05) is 30.3 Å². The summed E-state index contributed by atoms with van der Waals surface area (Å²) < 4.78 is 6.82. The topological polar surface area (TPSA) is 64.4 Å². The molecule has 2 heterocycles. The monoisotopic (exact) mass is 381 g/mol. The number of aryl methyl sites for hydroxylation is 1. The molecule has 2 aromatic rings. The van der Waals surface area contributed by atoms with E-state index in [9.17, 15) is 9.59 Å². The number of hydrogen-bond acceptors (Lipinski definition) is 4. The molecule has 1 fully saturated rings. The van der Waals surface area contributed by atoms with E-state index < -0.39 is 0 Å². The van der Waals surface area contributed by atoms with Crippen molar-refractivity contribution in [2.45, 2.75) is 32.1 Å². The van der Waals surface area contributed by atoms with Crippen LogP contribution in [0.5, 0.6) is 0 Å². The Morgan fingerprint density at radius 2 is 1.79 bits per heavy atom. The molecule has 0 unspecified atom stereocenters. The van der Waals surface area contributed by atoms with Crippen LogP contribution in [-0.4, -0.2) is 46.8 Å². The van der Waals surface area contributed by atoms with Gasteiger partial charge in [0.1, 0.15) is 0 Å². The van der Waals surface area contributed by atoms with Crippen molar-refractivity contribution in [2.75, 3.05) is 20.2 Å². The Morgan fingerprint density at radius 1 is 1.07 bits per heavy atom. The fourth-order valence-electron chi connectivity index (χ4n) is 4.67. The fraction of sp³-hybridized carbons (Fsp3) is 0.500. The number of rotatable bonds is 3. The highest BCUT2D eigenvalue weighted by molar-refractivity contribution is 5.81. The van der Waals surface area contributed by atoms with Crippen LogP contribution < -0.4 is 0 Å². The van der Waals surface area contributed by atoms with Crippen molar-refractivity contribution in [2.24, 2.45) is 18.9 Å². The largest absolute Gasteiger partial charge is 0.469 e. The van der Waals surface area contributed by atoms with Gasteiger partial charge in [0.05, 0.1) is 18.7 Å². The molecular formula is C22H27N3O3. The second-order valence-corrected chi connectivity index (χ2v) is 7.82. The van der Waals surface area contributed by atoms with E-state index in [4.69, 9.17) is 9.84 Å². The first-order valence-corrected chi connectivity index (χ1v) is 10.0. The molecule has 148 valence electrons. The van der Waals surface area contributed by atoms with Gasteiger partial charge in [-0.2, -0.15) is 5.10 Å². The van der Waals surface area contributed by atoms with E-state index in [0.29, 0.717) is 19.5 Å². The Labute approximate surface area is 165 Å². The summed E-state index contributed by atoms with van der Waals surface area (Å²) in [5.41, 5.74) is 4.62. The minimum atomic E-state index is -0.183. The van der Waals surface area contributed by atoms with Gasteiger partial charge >= 0.3 is 5.97 Å². The van der Waals surface area contributed by atoms with Gasteiger partial charge in [-0.25, -0.2) is 0 Å². The molecule has 2 atom stereocenters. The highest BCUT2D eigenvalue weighted by Gasteiger charge is 2.37. The normalized spacial score (nSPS) is 21.9.